The third kappa shape index (κ3) is 4.90. The number of para-hydroxylation sites is 1. The number of fused-ring (bicyclic) bond motifs is 1. The first-order chi connectivity index (χ1) is 17.2. The normalized spacial score (nSPS) is 19.0. The molecule has 36 heavy (non-hydrogen) atoms. The van der Waals surface area contributed by atoms with E-state index in [4.69, 9.17) is 9.47 Å². The van der Waals surface area contributed by atoms with Crippen molar-refractivity contribution >= 4 is 33.0 Å². The number of hydrogen-bond donors (Lipinski definition) is 1. The quantitative estimate of drug-likeness (QED) is 0.480. The maximum atomic E-state index is 14.2. The fourth-order valence-electron chi connectivity index (χ4n) is 4.44. The molecule has 15 heteroatoms. The molecule has 0 unspecified atom stereocenters. The minimum Gasteiger partial charge on any atom is -0.494 e. The number of ether oxygens (including phenoxy) is 2. The van der Waals surface area contributed by atoms with Crippen LogP contribution in [0.4, 0.5) is 20.7 Å². The highest BCUT2D eigenvalue weighted by Crippen LogP contribution is 2.32. The third-order valence-corrected chi connectivity index (χ3v) is 6.80. The van der Waals surface area contributed by atoms with Gasteiger partial charge in [0.15, 0.2) is 5.82 Å². The molecule has 1 N–H and O–H groups in total. The van der Waals surface area contributed by atoms with Crippen LogP contribution in [0, 0.1) is 0 Å². The number of morpholine rings is 1. The van der Waals surface area contributed by atoms with Gasteiger partial charge in [0, 0.05) is 32.2 Å². The van der Waals surface area contributed by atoms with Crippen molar-refractivity contribution in [2.45, 2.75) is 18.9 Å². The number of benzene rings is 1. The van der Waals surface area contributed by atoms with Crippen molar-refractivity contribution in [1.82, 2.24) is 29.2 Å². The predicted molar refractivity (Wildman–Crippen MR) is 128 cm³/mol. The summed E-state index contributed by atoms with van der Waals surface area (Å²) in [6.07, 6.45) is -1.24. The van der Waals surface area contributed by atoms with Crippen LogP contribution in [0.1, 0.15) is 18.7 Å². The number of imidazole rings is 1. The van der Waals surface area contributed by atoms with Crippen molar-refractivity contribution in [1.29, 1.82) is 0 Å². The first-order valence-electron chi connectivity index (χ1n) is 11.4. The van der Waals surface area contributed by atoms with Crippen molar-refractivity contribution < 1.29 is 26.7 Å². The minimum atomic E-state index is -3.39. The number of methoxy groups -OCH3 is 1. The smallest absolute Gasteiger partial charge is 0.296 e. The van der Waals surface area contributed by atoms with Crippen LogP contribution in [-0.4, -0.2) is 91.7 Å². The van der Waals surface area contributed by atoms with Gasteiger partial charge in [-0.05, 0) is 18.6 Å². The zero-order chi connectivity index (χ0) is 25.4. The molecule has 2 fully saturated rings. The predicted octanol–water partition coefficient (Wildman–Crippen LogP) is 1.12. The maximum Gasteiger partial charge on any atom is 0.296 e. The molecule has 4 heterocycles. The Morgan fingerprint density at radius 1 is 1.06 bits per heavy atom. The van der Waals surface area contributed by atoms with Crippen LogP contribution in [0.2, 0.25) is 0 Å². The number of alkyl halides is 2. The van der Waals surface area contributed by atoms with Gasteiger partial charge in [-0.1, -0.05) is 6.07 Å². The van der Waals surface area contributed by atoms with Gasteiger partial charge < -0.3 is 19.3 Å². The lowest BCUT2D eigenvalue weighted by atomic mass is 10.3. The second-order valence-electron chi connectivity index (χ2n) is 8.59. The minimum absolute atomic E-state index is 0.00735. The Balaban J connectivity index is 1.63. The molecule has 1 aromatic carbocycles. The van der Waals surface area contributed by atoms with Gasteiger partial charge in [-0.25, -0.2) is 26.9 Å². The molecule has 0 aliphatic carbocycles. The second-order valence-corrected chi connectivity index (χ2v) is 10.4. The molecule has 0 saturated carbocycles. The maximum absolute atomic E-state index is 14.2. The Morgan fingerprint density at radius 3 is 2.42 bits per heavy atom. The van der Waals surface area contributed by atoms with Crippen molar-refractivity contribution in [3.05, 3.63) is 24.0 Å². The lowest BCUT2D eigenvalue weighted by Crippen LogP contribution is -2.39. The van der Waals surface area contributed by atoms with E-state index in [1.807, 2.05) is 9.80 Å². The number of halogens is 2. The molecule has 194 valence electrons. The molecule has 0 radical (unpaired) electrons. The van der Waals surface area contributed by atoms with Crippen LogP contribution >= 0.6 is 0 Å². The first kappa shape index (κ1) is 24.5. The number of anilines is 2. The summed E-state index contributed by atoms with van der Waals surface area (Å²) in [6, 6.07) is 4.66. The summed E-state index contributed by atoms with van der Waals surface area (Å²) in [6.45, 7) is 2.84. The van der Waals surface area contributed by atoms with Crippen molar-refractivity contribution in [3.8, 4) is 11.7 Å². The Labute approximate surface area is 206 Å². The van der Waals surface area contributed by atoms with E-state index in [0.717, 1.165) is 6.26 Å². The molecule has 3 aromatic rings. The van der Waals surface area contributed by atoms with Gasteiger partial charge >= 0.3 is 0 Å². The van der Waals surface area contributed by atoms with E-state index in [-0.39, 0.29) is 23.5 Å². The molecule has 1 atom stereocenters. The Bertz CT molecular complexity index is 1360. The second kappa shape index (κ2) is 9.71. The summed E-state index contributed by atoms with van der Waals surface area (Å²) >= 11 is 0. The lowest BCUT2D eigenvalue weighted by Gasteiger charge is -2.28. The molecule has 2 aliphatic heterocycles. The number of nitrogens with one attached hydrogen (secondary N) is 1. The molecular weight excluding hydrogens is 498 g/mol. The van der Waals surface area contributed by atoms with Gasteiger partial charge in [-0.15, -0.1) is 0 Å². The van der Waals surface area contributed by atoms with Crippen molar-refractivity contribution in [2.24, 2.45) is 0 Å². The van der Waals surface area contributed by atoms with Crippen LogP contribution < -0.4 is 19.3 Å². The van der Waals surface area contributed by atoms with E-state index in [0.29, 0.717) is 63.0 Å². The number of rotatable bonds is 7. The lowest BCUT2D eigenvalue weighted by molar-refractivity contribution is 0.122. The van der Waals surface area contributed by atoms with Crippen molar-refractivity contribution in [3.63, 3.8) is 0 Å². The molecule has 5 rings (SSSR count). The molecular formula is C21H26F2N8O4S. The summed E-state index contributed by atoms with van der Waals surface area (Å²) in [5, 5.41) is 0. The van der Waals surface area contributed by atoms with Gasteiger partial charge in [-0.3, -0.25) is 4.57 Å². The van der Waals surface area contributed by atoms with Gasteiger partial charge in [0.2, 0.25) is 27.9 Å². The zero-order valence-corrected chi connectivity index (χ0v) is 20.6. The molecule has 2 aliphatic rings. The first-order valence-corrected chi connectivity index (χ1v) is 13.3. The topological polar surface area (TPSA) is 128 Å². The molecule has 2 saturated heterocycles. The molecule has 0 spiro atoms. The average molecular weight is 525 g/mol. The van der Waals surface area contributed by atoms with Crippen LogP contribution in [0.15, 0.2) is 18.2 Å². The average Bonchev–Trinajstić information content (AvgIpc) is 3.48. The number of nitrogens with zero attached hydrogens (tertiary/aromatic N) is 7. The molecule has 0 bridgehead atoms. The summed E-state index contributed by atoms with van der Waals surface area (Å²) in [7, 11) is -1.94. The van der Waals surface area contributed by atoms with Crippen LogP contribution in [0.5, 0.6) is 5.75 Å². The standard InChI is InChI=1S/C21H26F2N8O4S/c1-34-15-5-3-4-14-16(15)24-18(17(22)23)31(14)21-26-19(29-8-10-35-11-9-29)25-20(27-21)30-7-6-13(12-30)28-36(2,32)33/h3-5,13,17,28H,6-12H2,1-2H3/t13-/m1/s1. The van der Waals surface area contributed by atoms with Crippen molar-refractivity contribution in [2.75, 3.05) is 62.6 Å². The van der Waals surface area contributed by atoms with E-state index in [9.17, 15) is 17.2 Å². The van der Waals surface area contributed by atoms with E-state index in [1.54, 1.807) is 18.2 Å². The molecule has 2 aromatic heterocycles. The van der Waals surface area contributed by atoms with Gasteiger partial charge in [0.05, 0.1) is 32.1 Å². The van der Waals surface area contributed by atoms with Crippen LogP contribution in [-0.2, 0) is 14.8 Å². The zero-order valence-electron chi connectivity index (χ0n) is 19.8. The summed E-state index contributed by atoms with van der Waals surface area (Å²) < 4.78 is 66.3. The monoisotopic (exact) mass is 524 g/mol. The van der Waals surface area contributed by atoms with Crippen LogP contribution in [0.25, 0.3) is 17.0 Å². The number of sulfonamides is 1. The van der Waals surface area contributed by atoms with Crippen LogP contribution in [0.3, 0.4) is 0 Å². The Morgan fingerprint density at radius 2 is 1.75 bits per heavy atom. The highest BCUT2D eigenvalue weighted by Gasteiger charge is 2.30. The molecule has 0 amide bonds. The Kier molecular flexibility index (Phi) is 6.61. The molecule has 12 nitrogen and oxygen atoms in total. The van der Waals surface area contributed by atoms with E-state index >= 15 is 0 Å². The third-order valence-electron chi connectivity index (χ3n) is 6.03. The fourth-order valence-corrected chi connectivity index (χ4v) is 5.24. The van der Waals surface area contributed by atoms with Gasteiger partial charge in [0.25, 0.3) is 6.43 Å². The largest absolute Gasteiger partial charge is 0.494 e. The fraction of sp³-hybridized carbons (Fsp3) is 0.524. The number of hydrogen-bond acceptors (Lipinski definition) is 10. The highest BCUT2D eigenvalue weighted by atomic mass is 32.2. The summed E-state index contributed by atoms with van der Waals surface area (Å²) in [5.74, 6) is 0.418. The van der Waals surface area contributed by atoms with Gasteiger partial charge in [-0.2, -0.15) is 15.0 Å². The summed E-state index contributed by atoms with van der Waals surface area (Å²) in [5.41, 5.74) is 0.636. The SMILES string of the molecule is COc1cccc2c1nc(C(F)F)n2-c1nc(N2CCOCC2)nc(N2CC[C@@H](NS(C)(=O)=O)C2)n1. The Hall–Kier alpha value is -3.17. The summed E-state index contributed by atoms with van der Waals surface area (Å²) in [4.78, 5) is 21.6. The number of aromatic nitrogens is 5. The van der Waals surface area contributed by atoms with E-state index in [1.165, 1.54) is 11.7 Å². The van der Waals surface area contributed by atoms with E-state index < -0.39 is 22.3 Å². The highest BCUT2D eigenvalue weighted by molar-refractivity contribution is 7.88. The van der Waals surface area contributed by atoms with Gasteiger partial charge in [0.1, 0.15) is 11.3 Å². The van der Waals surface area contributed by atoms with E-state index in [2.05, 4.69) is 24.7 Å².